The molecule has 142 valence electrons. The summed E-state index contributed by atoms with van der Waals surface area (Å²) in [7, 11) is 0. The average molecular weight is 364 g/mol. The lowest BCUT2D eigenvalue weighted by Crippen LogP contribution is -2.29. The molecule has 0 spiro atoms. The van der Waals surface area contributed by atoms with Crippen molar-refractivity contribution < 1.29 is 9.59 Å². The van der Waals surface area contributed by atoms with E-state index < -0.39 is 0 Å². The molecule has 2 aromatic rings. The van der Waals surface area contributed by atoms with Gasteiger partial charge in [0.25, 0.3) is 0 Å². The Hall–Kier alpha value is -2.62. The third kappa shape index (κ3) is 3.75. The molecule has 1 aliphatic heterocycles. The number of benzene rings is 2. The lowest BCUT2D eigenvalue weighted by Gasteiger charge is -2.22. The molecule has 1 fully saturated rings. The maximum atomic E-state index is 12.9. The van der Waals surface area contributed by atoms with E-state index in [4.69, 9.17) is 0 Å². The summed E-state index contributed by atoms with van der Waals surface area (Å²) in [5.41, 5.74) is 6.12. The quantitative estimate of drug-likeness (QED) is 0.853. The van der Waals surface area contributed by atoms with Gasteiger partial charge in [0, 0.05) is 24.3 Å². The van der Waals surface area contributed by atoms with Crippen LogP contribution in [0.15, 0.2) is 36.4 Å². The van der Waals surface area contributed by atoms with Crippen molar-refractivity contribution in [2.24, 2.45) is 5.92 Å². The van der Waals surface area contributed by atoms with Crippen molar-refractivity contribution >= 4 is 23.2 Å². The van der Waals surface area contributed by atoms with Crippen LogP contribution in [0.3, 0.4) is 0 Å². The predicted molar refractivity (Wildman–Crippen MR) is 110 cm³/mol. The fraction of sp³-hybridized carbons (Fsp3) is 0.391. The smallest absolute Gasteiger partial charge is 0.229 e. The van der Waals surface area contributed by atoms with Gasteiger partial charge in [0.05, 0.1) is 5.92 Å². The average Bonchev–Trinajstić information content (AvgIpc) is 2.98. The molecule has 27 heavy (non-hydrogen) atoms. The van der Waals surface area contributed by atoms with Crippen LogP contribution >= 0.6 is 0 Å². The minimum absolute atomic E-state index is 0.0152. The van der Waals surface area contributed by atoms with Crippen LogP contribution in [-0.4, -0.2) is 18.4 Å². The van der Waals surface area contributed by atoms with Crippen LogP contribution in [0.1, 0.15) is 48.4 Å². The van der Waals surface area contributed by atoms with Crippen molar-refractivity contribution in [1.82, 2.24) is 0 Å². The molecule has 0 bridgehead atoms. The standard InChI is InChI=1S/C23H28N2O2/c1-14(2)19-11-7-8-15(3)21(19)24-23(27)18-12-20(26)25(13-18)22-16(4)9-6-10-17(22)5/h6-11,14,18H,12-13H2,1-5H3,(H,24,27). The van der Waals surface area contributed by atoms with Gasteiger partial charge >= 0.3 is 0 Å². The Labute approximate surface area is 161 Å². The Morgan fingerprint density at radius 3 is 2.26 bits per heavy atom. The molecule has 4 heteroatoms. The topological polar surface area (TPSA) is 49.4 Å². The molecule has 1 unspecified atom stereocenters. The van der Waals surface area contributed by atoms with E-state index in [1.54, 1.807) is 4.90 Å². The zero-order chi connectivity index (χ0) is 19.7. The zero-order valence-electron chi connectivity index (χ0n) is 16.8. The number of carbonyl (C=O) groups is 2. The van der Waals surface area contributed by atoms with Gasteiger partial charge in [-0.1, -0.05) is 50.2 Å². The van der Waals surface area contributed by atoms with Crippen molar-refractivity contribution in [3.63, 3.8) is 0 Å². The summed E-state index contributed by atoms with van der Waals surface area (Å²) in [5, 5.41) is 3.11. The molecular formula is C23H28N2O2. The summed E-state index contributed by atoms with van der Waals surface area (Å²) >= 11 is 0. The molecule has 1 N–H and O–H groups in total. The lowest BCUT2D eigenvalue weighted by molar-refractivity contribution is -0.122. The largest absolute Gasteiger partial charge is 0.325 e. The molecule has 0 aromatic heterocycles. The van der Waals surface area contributed by atoms with Gasteiger partial charge in [-0.25, -0.2) is 0 Å². The van der Waals surface area contributed by atoms with E-state index in [9.17, 15) is 9.59 Å². The summed E-state index contributed by atoms with van der Waals surface area (Å²) in [6.07, 6.45) is 0.252. The Balaban J connectivity index is 1.82. The van der Waals surface area contributed by atoms with Crippen molar-refractivity contribution in [3.8, 4) is 0 Å². The van der Waals surface area contributed by atoms with Gasteiger partial charge in [0.1, 0.15) is 0 Å². The molecule has 0 aliphatic carbocycles. The van der Waals surface area contributed by atoms with Crippen LogP contribution in [0, 0.1) is 26.7 Å². The van der Waals surface area contributed by atoms with Crippen molar-refractivity contribution in [2.45, 2.75) is 47.0 Å². The fourth-order valence-corrected chi connectivity index (χ4v) is 3.90. The monoisotopic (exact) mass is 364 g/mol. The Morgan fingerprint density at radius 1 is 1.04 bits per heavy atom. The minimum Gasteiger partial charge on any atom is -0.325 e. The summed E-state index contributed by atoms with van der Waals surface area (Å²) < 4.78 is 0. The van der Waals surface area contributed by atoms with E-state index >= 15 is 0 Å². The molecule has 1 atom stereocenters. The number of rotatable bonds is 4. The third-order valence-electron chi connectivity index (χ3n) is 5.38. The van der Waals surface area contributed by atoms with Crippen LogP contribution in [0.25, 0.3) is 0 Å². The highest BCUT2D eigenvalue weighted by atomic mass is 16.2. The number of anilines is 2. The Kier molecular flexibility index (Phi) is 5.36. The number of para-hydroxylation sites is 2. The molecule has 3 rings (SSSR count). The SMILES string of the molecule is Cc1cccc(C(C)C)c1NC(=O)C1CC(=O)N(c2c(C)cccc2C)C1. The first-order valence-corrected chi connectivity index (χ1v) is 9.56. The molecule has 2 aromatic carbocycles. The molecule has 1 aliphatic rings. The first kappa shape index (κ1) is 19.2. The van der Waals surface area contributed by atoms with Crippen LogP contribution in [0.4, 0.5) is 11.4 Å². The van der Waals surface area contributed by atoms with E-state index in [1.807, 2.05) is 51.1 Å². The maximum Gasteiger partial charge on any atom is 0.229 e. The van der Waals surface area contributed by atoms with Crippen molar-refractivity contribution in [3.05, 3.63) is 58.7 Å². The first-order chi connectivity index (χ1) is 12.8. The highest BCUT2D eigenvalue weighted by Gasteiger charge is 2.36. The highest BCUT2D eigenvalue weighted by Crippen LogP contribution is 2.32. The van der Waals surface area contributed by atoms with E-state index in [-0.39, 0.29) is 24.2 Å². The van der Waals surface area contributed by atoms with E-state index in [1.165, 1.54) is 0 Å². The number of hydrogen-bond acceptors (Lipinski definition) is 2. The van der Waals surface area contributed by atoms with Gasteiger partial charge in [0.15, 0.2) is 0 Å². The Bertz CT molecular complexity index is 866. The zero-order valence-corrected chi connectivity index (χ0v) is 16.8. The second kappa shape index (κ2) is 7.55. The lowest BCUT2D eigenvalue weighted by atomic mass is 9.97. The number of hydrogen-bond donors (Lipinski definition) is 1. The molecular weight excluding hydrogens is 336 g/mol. The first-order valence-electron chi connectivity index (χ1n) is 9.56. The molecule has 4 nitrogen and oxygen atoms in total. The van der Waals surface area contributed by atoms with Gasteiger partial charge in [-0.3, -0.25) is 9.59 Å². The highest BCUT2D eigenvalue weighted by molar-refractivity contribution is 6.04. The Morgan fingerprint density at radius 2 is 1.63 bits per heavy atom. The van der Waals surface area contributed by atoms with E-state index in [0.29, 0.717) is 12.5 Å². The maximum absolute atomic E-state index is 12.9. The summed E-state index contributed by atoms with van der Waals surface area (Å²) in [5.74, 6) is -0.0812. The summed E-state index contributed by atoms with van der Waals surface area (Å²) in [6, 6.07) is 12.1. The van der Waals surface area contributed by atoms with Crippen molar-refractivity contribution in [1.29, 1.82) is 0 Å². The summed E-state index contributed by atoms with van der Waals surface area (Å²) in [4.78, 5) is 27.4. The van der Waals surface area contributed by atoms with Gasteiger partial charge in [-0.15, -0.1) is 0 Å². The minimum atomic E-state index is -0.337. The van der Waals surface area contributed by atoms with Gasteiger partial charge < -0.3 is 10.2 Å². The van der Waals surface area contributed by atoms with E-state index in [2.05, 4.69) is 25.2 Å². The second-order valence-electron chi connectivity index (χ2n) is 7.83. The summed E-state index contributed by atoms with van der Waals surface area (Å²) in [6.45, 7) is 10.7. The number of nitrogens with one attached hydrogen (secondary N) is 1. The predicted octanol–water partition coefficient (Wildman–Crippen LogP) is 4.73. The van der Waals surface area contributed by atoms with Crippen molar-refractivity contribution in [2.75, 3.05) is 16.8 Å². The third-order valence-corrected chi connectivity index (χ3v) is 5.38. The van der Waals surface area contributed by atoms with E-state index in [0.717, 1.165) is 33.6 Å². The fourth-order valence-electron chi connectivity index (χ4n) is 3.90. The number of aryl methyl sites for hydroxylation is 3. The van der Waals surface area contributed by atoms with Gasteiger partial charge in [0.2, 0.25) is 11.8 Å². The molecule has 1 heterocycles. The van der Waals surface area contributed by atoms with Crippen LogP contribution < -0.4 is 10.2 Å². The molecule has 1 saturated heterocycles. The van der Waals surface area contributed by atoms with Crippen LogP contribution in [0.5, 0.6) is 0 Å². The molecule has 0 radical (unpaired) electrons. The number of nitrogens with zero attached hydrogens (tertiary/aromatic N) is 1. The van der Waals surface area contributed by atoms with Crippen LogP contribution in [0.2, 0.25) is 0 Å². The normalized spacial score (nSPS) is 16.9. The number of carbonyl (C=O) groups excluding carboxylic acids is 2. The van der Waals surface area contributed by atoms with Crippen LogP contribution in [-0.2, 0) is 9.59 Å². The van der Waals surface area contributed by atoms with Gasteiger partial charge in [-0.05, 0) is 48.9 Å². The number of amides is 2. The van der Waals surface area contributed by atoms with Gasteiger partial charge in [-0.2, -0.15) is 0 Å². The second-order valence-corrected chi connectivity index (χ2v) is 7.83. The molecule has 2 amide bonds. The molecule has 0 saturated carbocycles.